The zero-order chi connectivity index (χ0) is 20.6. The van der Waals surface area contributed by atoms with E-state index in [1.807, 2.05) is 30.6 Å². The fourth-order valence-electron chi connectivity index (χ4n) is 4.42. The Bertz CT molecular complexity index is 1010. The number of nitrogens with zero attached hydrogens (tertiary/aromatic N) is 2. The van der Waals surface area contributed by atoms with Gasteiger partial charge in [0.2, 0.25) is 0 Å². The van der Waals surface area contributed by atoms with Gasteiger partial charge in [0.25, 0.3) is 0 Å². The molecule has 2 aliphatic rings. The minimum atomic E-state index is -3.04. The highest BCUT2D eigenvalue weighted by atomic mass is 32.2. The van der Waals surface area contributed by atoms with E-state index in [-0.39, 0.29) is 0 Å². The first-order valence-corrected chi connectivity index (χ1v) is 12.2. The molecule has 0 aliphatic heterocycles. The molecule has 29 heavy (non-hydrogen) atoms. The summed E-state index contributed by atoms with van der Waals surface area (Å²) in [5, 5.41) is 0. The Hall–Kier alpha value is -2.01. The van der Waals surface area contributed by atoms with Gasteiger partial charge in [-0.05, 0) is 82.1 Å². The quantitative estimate of drug-likeness (QED) is 0.703. The van der Waals surface area contributed by atoms with Crippen LogP contribution in [0.5, 0.6) is 0 Å². The van der Waals surface area contributed by atoms with Crippen molar-refractivity contribution in [3.8, 4) is 11.3 Å². The minimum Gasteiger partial charge on any atom is -0.260 e. The number of sulfone groups is 1. The van der Waals surface area contributed by atoms with Crippen LogP contribution in [-0.2, 0) is 16.3 Å². The molecule has 0 atom stereocenters. The van der Waals surface area contributed by atoms with E-state index in [9.17, 15) is 8.42 Å². The SMILES string of the molecule is CC(C)(C)S(=O)(=O)CC1CCC(C2=Cc3cc(-c4ccccn4)cnc3C2)CC1. The highest BCUT2D eigenvalue weighted by molar-refractivity contribution is 7.92. The molecular weight excluding hydrogens is 380 g/mol. The molecule has 2 aromatic heterocycles. The smallest absolute Gasteiger partial charge is 0.155 e. The molecule has 2 heterocycles. The maximum atomic E-state index is 12.5. The second kappa shape index (κ2) is 7.67. The molecule has 0 amide bonds. The maximum absolute atomic E-state index is 12.5. The largest absolute Gasteiger partial charge is 0.260 e. The molecule has 0 bridgehead atoms. The van der Waals surface area contributed by atoms with Crippen LogP contribution in [0.4, 0.5) is 0 Å². The van der Waals surface area contributed by atoms with Gasteiger partial charge >= 0.3 is 0 Å². The molecule has 0 radical (unpaired) electrons. The number of rotatable bonds is 4. The lowest BCUT2D eigenvalue weighted by molar-refractivity contribution is 0.319. The summed E-state index contributed by atoms with van der Waals surface area (Å²) in [6.45, 7) is 5.42. The van der Waals surface area contributed by atoms with Crippen LogP contribution in [0.1, 0.15) is 57.7 Å². The summed E-state index contributed by atoms with van der Waals surface area (Å²) in [6, 6.07) is 8.12. The minimum absolute atomic E-state index is 0.300. The van der Waals surface area contributed by atoms with Gasteiger partial charge in [0.1, 0.15) is 0 Å². The van der Waals surface area contributed by atoms with Gasteiger partial charge in [-0.25, -0.2) is 8.42 Å². The van der Waals surface area contributed by atoms with Crippen molar-refractivity contribution in [2.75, 3.05) is 5.75 Å². The number of hydrogen-bond donors (Lipinski definition) is 0. The summed E-state index contributed by atoms with van der Waals surface area (Å²) in [7, 11) is -3.04. The van der Waals surface area contributed by atoms with Crippen LogP contribution in [-0.4, -0.2) is 28.9 Å². The molecule has 0 spiro atoms. The first-order valence-electron chi connectivity index (χ1n) is 10.6. The van der Waals surface area contributed by atoms with Gasteiger partial charge < -0.3 is 0 Å². The van der Waals surface area contributed by atoms with Gasteiger partial charge in [-0.3, -0.25) is 9.97 Å². The first kappa shape index (κ1) is 20.3. The van der Waals surface area contributed by atoms with Crippen molar-refractivity contribution in [3.05, 3.63) is 53.5 Å². The maximum Gasteiger partial charge on any atom is 0.155 e. The third kappa shape index (κ3) is 4.30. The van der Waals surface area contributed by atoms with Crippen molar-refractivity contribution in [1.82, 2.24) is 9.97 Å². The zero-order valence-electron chi connectivity index (χ0n) is 17.6. The standard InChI is InChI=1S/C24H30N2O2S/c1-24(2,3)29(27,28)16-17-7-9-18(10-8-17)19-12-20-13-21(15-26-23(20)14-19)22-6-4-5-11-25-22/h4-6,11-13,15,17-18H,7-10,14,16H2,1-3H3. The van der Waals surface area contributed by atoms with Crippen LogP contribution in [0.15, 0.2) is 42.2 Å². The van der Waals surface area contributed by atoms with E-state index in [0.717, 1.165) is 49.1 Å². The lowest BCUT2D eigenvalue weighted by Crippen LogP contribution is -2.34. The average Bonchev–Trinajstić information content (AvgIpc) is 3.11. The summed E-state index contributed by atoms with van der Waals surface area (Å²) in [5.41, 5.74) is 5.82. The van der Waals surface area contributed by atoms with Crippen molar-refractivity contribution < 1.29 is 8.42 Å². The van der Waals surface area contributed by atoms with Gasteiger partial charge in [0, 0.05) is 24.4 Å². The molecular formula is C24H30N2O2S. The highest BCUT2D eigenvalue weighted by Gasteiger charge is 2.34. The zero-order valence-corrected chi connectivity index (χ0v) is 18.4. The topological polar surface area (TPSA) is 59.9 Å². The van der Waals surface area contributed by atoms with Crippen LogP contribution < -0.4 is 0 Å². The van der Waals surface area contributed by atoms with Crippen LogP contribution in [0.2, 0.25) is 0 Å². The first-order chi connectivity index (χ1) is 13.7. The molecule has 0 unspecified atom stereocenters. The molecule has 4 nitrogen and oxygen atoms in total. The number of fused-ring (bicyclic) bond motifs is 1. The summed E-state index contributed by atoms with van der Waals surface area (Å²) in [5.74, 6) is 1.18. The van der Waals surface area contributed by atoms with Crippen LogP contribution in [0.25, 0.3) is 17.3 Å². The lowest BCUT2D eigenvalue weighted by atomic mass is 9.79. The van der Waals surface area contributed by atoms with Gasteiger partial charge in [-0.15, -0.1) is 0 Å². The van der Waals surface area contributed by atoms with Crippen LogP contribution in [0, 0.1) is 11.8 Å². The molecule has 4 rings (SSSR count). The van der Waals surface area contributed by atoms with Crippen LogP contribution >= 0.6 is 0 Å². The van der Waals surface area contributed by atoms with Crippen molar-refractivity contribution in [2.45, 2.75) is 57.6 Å². The van der Waals surface area contributed by atoms with E-state index >= 15 is 0 Å². The van der Waals surface area contributed by atoms with E-state index in [4.69, 9.17) is 4.98 Å². The van der Waals surface area contributed by atoms with Crippen LogP contribution in [0.3, 0.4) is 0 Å². The summed E-state index contributed by atoms with van der Waals surface area (Å²) < 4.78 is 24.4. The molecule has 5 heteroatoms. The average molecular weight is 411 g/mol. The third-order valence-electron chi connectivity index (χ3n) is 6.44. The molecule has 0 saturated heterocycles. The van der Waals surface area contributed by atoms with E-state index in [0.29, 0.717) is 17.6 Å². The molecule has 0 N–H and O–H groups in total. The highest BCUT2D eigenvalue weighted by Crippen LogP contribution is 2.40. The van der Waals surface area contributed by atoms with Crippen molar-refractivity contribution in [2.24, 2.45) is 11.8 Å². The van der Waals surface area contributed by atoms with Crippen molar-refractivity contribution >= 4 is 15.9 Å². The second-order valence-corrected chi connectivity index (χ2v) is 12.3. The fraction of sp³-hybridized carbons (Fsp3) is 0.500. The third-order valence-corrected chi connectivity index (χ3v) is 9.21. The van der Waals surface area contributed by atoms with E-state index in [2.05, 4.69) is 17.1 Å². The van der Waals surface area contributed by atoms with Crippen molar-refractivity contribution in [3.63, 3.8) is 0 Å². The molecule has 2 aliphatic carbocycles. The predicted octanol–water partition coefficient (Wildman–Crippen LogP) is 5.10. The summed E-state index contributed by atoms with van der Waals surface area (Å²) >= 11 is 0. The number of allylic oxidation sites excluding steroid dienone is 1. The molecule has 1 saturated carbocycles. The molecule has 2 aromatic rings. The van der Waals surface area contributed by atoms with Gasteiger partial charge in [-0.2, -0.15) is 0 Å². The predicted molar refractivity (Wildman–Crippen MR) is 118 cm³/mol. The number of pyridine rings is 2. The monoisotopic (exact) mass is 410 g/mol. The Kier molecular flexibility index (Phi) is 5.36. The molecule has 1 fully saturated rings. The Labute approximate surface area is 174 Å². The molecule has 154 valence electrons. The van der Waals surface area contributed by atoms with Gasteiger partial charge in [-0.1, -0.05) is 17.7 Å². The van der Waals surface area contributed by atoms with E-state index < -0.39 is 14.6 Å². The van der Waals surface area contributed by atoms with E-state index in [1.54, 1.807) is 20.8 Å². The lowest BCUT2D eigenvalue weighted by Gasteiger charge is -2.31. The number of aromatic nitrogens is 2. The normalized spacial score (nSPS) is 22.2. The molecule has 0 aromatic carbocycles. The van der Waals surface area contributed by atoms with Gasteiger partial charge in [0.05, 0.1) is 21.9 Å². The van der Waals surface area contributed by atoms with E-state index in [1.165, 1.54) is 11.1 Å². The van der Waals surface area contributed by atoms with Crippen molar-refractivity contribution in [1.29, 1.82) is 0 Å². The fourth-order valence-corrected chi connectivity index (χ4v) is 5.88. The second-order valence-electron chi connectivity index (χ2n) is 9.48. The Morgan fingerprint density at radius 1 is 1.07 bits per heavy atom. The Morgan fingerprint density at radius 2 is 1.83 bits per heavy atom. The number of hydrogen-bond acceptors (Lipinski definition) is 4. The Balaban J connectivity index is 1.41. The Morgan fingerprint density at radius 3 is 2.48 bits per heavy atom. The summed E-state index contributed by atoms with van der Waals surface area (Å²) in [6.07, 6.45) is 11.1. The summed E-state index contributed by atoms with van der Waals surface area (Å²) in [4.78, 5) is 9.13. The van der Waals surface area contributed by atoms with Gasteiger partial charge in [0.15, 0.2) is 9.84 Å².